The Morgan fingerprint density at radius 3 is 2.27 bits per heavy atom. The van der Waals surface area contributed by atoms with E-state index in [2.05, 4.69) is 18.5 Å². The topological polar surface area (TPSA) is 125 Å². The highest BCUT2D eigenvalue weighted by Crippen LogP contribution is 2.24. The van der Waals surface area contributed by atoms with E-state index in [9.17, 15) is 24.3 Å². The summed E-state index contributed by atoms with van der Waals surface area (Å²) in [7, 11) is 0. The van der Waals surface area contributed by atoms with Crippen LogP contribution in [0.2, 0.25) is 0 Å². The van der Waals surface area contributed by atoms with Crippen LogP contribution in [0.3, 0.4) is 0 Å². The maximum absolute atomic E-state index is 13.7. The molecule has 0 radical (unpaired) electrons. The molecule has 0 spiro atoms. The van der Waals surface area contributed by atoms with Crippen LogP contribution in [-0.2, 0) is 37.0 Å². The molecule has 2 aromatic rings. The molecule has 1 heterocycles. The number of likely N-dealkylation sites (tertiary alicyclic amines) is 1. The molecule has 10 nitrogen and oxygen atoms in total. The highest BCUT2D eigenvalue weighted by atomic mass is 16.6. The van der Waals surface area contributed by atoms with Crippen molar-refractivity contribution in [2.24, 2.45) is 5.92 Å². The Balaban J connectivity index is 1.57. The molecule has 3 amide bonds. The highest BCUT2D eigenvalue weighted by Gasteiger charge is 2.35. The fourth-order valence-corrected chi connectivity index (χ4v) is 5.13. The minimum absolute atomic E-state index is 0.0306. The number of ether oxygens (including phenoxy) is 2. The maximum atomic E-state index is 13.7. The van der Waals surface area contributed by atoms with Gasteiger partial charge in [0.2, 0.25) is 11.8 Å². The summed E-state index contributed by atoms with van der Waals surface area (Å²) in [5.74, 6) is -1.73. The summed E-state index contributed by atoms with van der Waals surface area (Å²) in [6, 6.07) is 17.3. The predicted molar refractivity (Wildman–Crippen MR) is 166 cm³/mol. The van der Waals surface area contributed by atoms with Crippen molar-refractivity contribution in [1.29, 1.82) is 0 Å². The van der Waals surface area contributed by atoms with Crippen molar-refractivity contribution in [2.45, 2.75) is 57.3 Å². The molecule has 10 heteroatoms. The lowest BCUT2D eigenvalue weighted by atomic mass is 9.98. The van der Waals surface area contributed by atoms with Gasteiger partial charge in [0, 0.05) is 26.1 Å². The predicted octanol–water partition coefficient (Wildman–Crippen LogP) is 4.00. The molecule has 236 valence electrons. The summed E-state index contributed by atoms with van der Waals surface area (Å²) in [4.78, 5) is 55.4. The number of nitrogens with one attached hydrogen (secondary N) is 1. The molecule has 1 aliphatic heterocycles. The largest absolute Gasteiger partial charge is 0.462 e. The second kappa shape index (κ2) is 18.3. The molecule has 0 unspecified atom stereocenters. The third-order valence-electron chi connectivity index (χ3n) is 7.43. The third kappa shape index (κ3) is 10.7. The summed E-state index contributed by atoms with van der Waals surface area (Å²) in [5.41, 5.74) is 1.74. The molecule has 1 aliphatic rings. The van der Waals surface area contributed by atoms with E-state index in [0.717, 1.165) is 17.5 Å². The first kappa shape index (κ1) is 34.1. The van der Waals surface area contributed by atoms with Crippen molar-refractivity contribution in [1.82, 2.24) is 15.1 Å². The van der Waals surface area contributed by atoms with E-state index in [-0.39, 0.29) is 57.1 Å². The van der Waals surface area contributed by atoms with Crippen LogP contribution in [0.1, 0.15) is 43.2 Å². The molecule has 0 aliphatic carbocycles. The monoisotopic (exact) mass is 605 g/mol. The van der Waals surface area contributed by atoms with Crippen molar-refractivity contribution in [2.75, 3.05) is 26.3 Å². The number of amides is 3. The number of alkyl carbamates (subject to hydrolysis) is 1. The number of aliphatic hydroxyl groups excluding tert-OH is 1. The second-order valence-corrected chi connectivity index (χ2v) is 10.7. The lowest BCUT2D eigenvalue weighted by Crippen LogP contribution is -2.46. The van der Waals surface area contributed by atoms with Crippen LogP contribution in [0.15, 0.2) is 86.0 Å². The van der Waals surface area contributed by atoms with Gasteiger partial charge in [0.25, 0.3) is 0 Å². The molecule has 2 aromatic carbocycles. The normalized spacial score (nSPS) is 15.5. The van der Waals surface area contributed by atoms with Gasteiger partial charge in [0.05, 0.1) is 18.6 Å². The summed E-state index contributed by atoms with van der Waals surface area (Å²) in [6.45, 7) is 8.23. The van der Waals surface area contributed by atoms with Gasteiger partial charge >= 0.3 is 12.1 Å². The van der Waals surface area contributed by atoms with Gasteiger partial charge in [0.1, 0.15) is 19.3 Å². The van der Waals surface area contributed by atoms with Crippen LogP contribution in [0, 0.1) is 5.92 Å². The molecule has 0 saturated carbocycles. The van der Waals surface area contributed by atoms with E-state index in [1.54, 1.807) is 15.9 Å². The molecule has 2 N–H and O–H groups in total. The Labute approximate surface area is 259 Å². The van der Waals surface area contributed by atoms with E-state index in [1.165, 1.54) is 6.08 Å². The van der Waals surface area contributed by atoms with Gasteiger partial charge in [-0.15, -0.1) is 13.2 Å². The average molecular weight is 606 g/mol. The van der Waals surface area contributed by atoms with Gasteiger partial charge in [-0.1, -0.05) is 72.8 Å². The van der Waals surface area contributed by atoms with E-state index >= 15 is 0 Å². The number of nitrogens with zero attached hydrogens (tertiary/aromatic N) is 2. The zero-order valence-electron chi connectivity index (χ0n) is 25.1. The number of hydrogen-bond acceptors (Lipinski definition) is 7. The highest BCUT2D eigenvalue weighted by molar-refractivity contribution is 5.86. The number of allylic oxidation sites excluding steroid dienone is 1. The van der Waals surface area contributed by atoms with Gasteiger partial charge in [-0.25, -0.2) is 9.59 Å². The maximum Gasteiger partial charge on any atom is 0.408 e. The molecular weight excluding hydrogens is 562 g/mol. The van der Waals surface area contributed by atoms with E-state index in [1.807, 2.05) is 60.7 Å². The fraction of sp³-hybridized carbons (Fsp3) is 0.412. The van der Waals surface area contributed by atoms with E-state index < -0.39 is 24.0 Å². The number of carbonyl (C=O) groups is 4. The molecule has 0 bridgehead atoms. The first-order chi connectivity index (χ1) is 21.4. The smallest absolute Gasteiger partial charge is 0.408 e. The Bertz CT molecular complexity index is 1240. The van der Waals surface area contributed by atoms with E-state index in [4.69, 9.17) is 9.47 Å². The average Bonchev–Trinajstić information content (AvgIpc) is 3.51. The lowest BCUT2D eigenvalue weighted by molar-refractivity contribution is -0.150. The van der Waals surface area contributed by atoms with Crippen LogP contribution in [-0.4, -0.2) is 77.2 Å². The Hall–Kier alpha value is -4.44. The van der Waals surface area contributed by atoms with Gasteiger partial charge < -0.3 is 29.7 Å². The van der Waals surface area contributed by atoms with Crippen LogP contribution >= 0.6 is 0 Å². The second-order valence-electron chi connectivity index (χ2n) is 10.7. The molecular formula is C34H43N3O7. The first-order valence-corrected chi connectivity index (χ1v) is 14.9. The molecule has 1 saturated heterocycles. The van der Waals surface area contributed by atoms with Gasteiger partial charge in [0.15, 0.2) is 0 Å². The zero-order valence-corrected chi connectivity index (χ0v) is 25.1. The molecule has 1 fully saturated rings. The van der Waals surface area contributed by atoms with Crippen LogP contribution < -0.4 is 5.32 Å². The van der Waals surface area contributed by atoms with Gasteiger partial charge in [-0.3, -0.25) is 9.59 Å². The SMILES string of the molecule is C=CC[C@@H](CC(=O)N(CCO)Cc1ccccc1)C(=O)N1CCC[C@H]1COC(=O)[C@@H](CC=C)NC(=O)OCc1ccccc1. The minimum Gasteiger partial charge on any atom is -0.462 e. The van der Waals surface area contributed by atoms with Crippen molar-refractivity contribution < 1.29 is 33.8 Å². The van der Waals surface area contributed by atoms with E-state index in [0.29, 0.717) is 25.9 Å². The van der Waals surface area contributed by atoms with Crippen molar-refractivity contribution in [3.63, 3.8) is 0 Å². The number of rotatable bonds is 17. The van der Waals surface area contributed by atoms with Crippen molar-refractivity contribution in [3.05, 3.63) is 97.1 Å². The number of benzene rings is 2. The van der Waals surface area contributed by atoms with Crippen molar-refractivity contribution >= 4 is 23.9 Å². The molecule has 3 atom stereocenters. The summed E-state index contributed by atoms with van der Waals surface area (Å²) < 4.78 is 10.8. The van der Waals surface area contributed by atoms with Crippen molar-refractivity contribution in [3.8, 4) is 0 Å². The number of carbonyl (C=O) groups excluding carboxylic acids is 4. The van der Waals surface area contributed by atoms with Crippen LogP contribution in [0.5, 0.6) is 0 Å². The summed E-state index contributed by atoms with van der Waals surface area (Å²) in [5, 5.41) is 12.1. The quantitative estimate of drug-likeness (QED) is 0.206. The standard InChI is InChI=1S/C34H43N3O7/c1-3-12-28(22-31(39)36(20-21-38)23-26-14-7-5-8-15-26)32(40)37-19-11-18-29(37)25-43-33(41)30(13-4-2)35-34(42)44-24-27-16-9-6-10-17-27/h3-10,14-17,28-30,38H,1-2,11-13,18-25H2,(H,35,42)/t28-,29-,30+/m0/s1. The molecule has 44 heavy (non-hydrogen) atoms. The number of hydrogen-bond donors (Lipinski definition) is 2. The Kier molecular flexibility index (Phi) is 14.1. The first-order valence-electron chi connectivity index (χ1n) is 14.9. The molecule has 3 rings (SSSR count). The summed E-state index contributed by atoms with van der Waals surface area (Å²) >= 11 is 0. The van der Waals surface area contributed by atoms with Crippen LogP contribution in [0.25, 0.3) is 0 Å². The Morgan fingerprint density at radius 1 is 0.977 bits per heavy atom. The van der Waals surface area contributed by atoms with Gasteiger partial charge in [-0.2, -0.15) is 0 Å². The van der Waals surface area contributed by atoms with Gasteiger partial charge in [-0.05, 0) is 36.8 Å². The molecule has 0 aromatic heterocycles. The minimum atomic E-state index is -0.991. The summed E-state index contributed by atoms with van der Waals surface area (Å²) in [6.07, 6.45) is 4.16. The zero-order chi connectivity index (χ0) is 31.7. The Morgan fingerprint density at radius 2 is 1.64 bits per heavy atom. The fourth-order valence-electron chi connectivity index (χ4n) is 5.13. The third-order valence-corrected chi connectivity index (χ3v) is 7.43. The number of aliphatic hydroxyl groups is 1. The van der Waals surface area contributed by atoms with Crippen LogP contribution in [0.4, 0.5) is 4.79 Å². The lowest BCUT2D eigenvalue weighted by Gasteiger charge is -2.30. The number of esters is 1.